The van der Waals surface area contributed by atoms with Crippen molar-refractivity contribution in [2.24, 2.45) is 0 Å². The first-order chi connectivity index (χ1) is 15.2. The number of hydrogen-bond acceptors (Lipinski definition) is 4. The number of nitrogens with zero attached hydrogens (tertiary/aromatic N) is 1. The van der Waals surface area contributed by atoms with E-state index in [4.69, 9.17) is 0 Å². The van der Waals surface area contributed by atoms with E-state index in [-0.39, 0.29) is 11.7 Å². The van der Waals surface area contributed by atoms with Crippen molar-refractivity contribution < 1.29 is 9.59 Å². The summed E-state index contributed by atoms with van der Waals surface area (Å²) in [5, 5.41) is 3.83. The highest BCUT2D eigenvalue weighted by atomic mass is 32.1. The molecular formula is C26H26N2O2S. The summed E-state index contributed by atoms with van der Waals surface area (Å²) >= 11 is 1.59. The Morgan fingerprint density at radius 3 is 2.48 bits per heavy atom. The Hall–Kier alpha value is -2.76. The lowest BCUT2D eigenvalue weighted by Crippen LogP contribution is -2.37. The highest BCUT2D eigenvalue weighted by Gasteiger charge is 2.27. The molecule has 0 spiro atoms. The van der Waals surface area contributed by atoms with E-state index in [1.807, 2.05) is 30.3 Å². The van der Waals surface area contributed by atoms with E-state index < -0.39 is 0 Å². The molecule has 5 rings (SSSR count). The number of thiophene rings is 1. The number of amides is 1. The largest absolute Gasteiger partial charge is 0.316 e. The van der Waals surface area contributed by atoms with Crippen LogP contribution in [0.15, 0.2) is 54.6 Å². The van der Waals surface area contributed by atoms with E-state index in [1.54, 1.807) is 11.3 Å². The predicted octanol–water partition coefficient (Wildman–Crippen LogP) is 4.85. The molecular weight excluding hydrogens is 404 g/mol. The average molecular weight is 431 g/mol. The van der Waals surface area contributed by atoms with Crippen LogP contribution in [-0.4, -0.2) is 29.7 Å². The standard InChI is InChI=1S/C26H26N2O2S/c29-23(17-28-15-14-18-8-4-5-11-20(18)16-28)27-26-24(21-12-6-7-13-22(21)31-26)25(30)19-9-2-1-3-10-19/h1-5,8-11H,6-7,12-17H2,(H,27,29). The molecule has 0 unspecified atom stereocenters. The molecule has 4 nitrogen and oxygen atoms in total. The number of nitrogens with one attached hydrogen (secondary N) is 1. The van der Waals surface area contributed by atoms with Gasteiger partial charge in [0.25, 0.3) is 0 Å². The van der Waals surface area contributed by atoms with E-state index in [9.17, 15) is 9.59 Å². The molecule has 2 heterocycles. The molecule has 1 aromatic heterocycles. The summed E-state index contributed by atoms with van der Waals surface area (Å²) in [5.41, 5.74) is 5.21. The molecule has 1 aliphatic heterocycles. The second-order valence-corrected chi connectivity index (χ2v) is 9.49. The Balaban J connectivity index is 1.36. The Bertz CT molecular complexity index is 1120. The van der Waals surface area contributed by atoms with Gasteiger partial charge in [0.2, 0.25) is 5.91 Å². The lowest BCUT2D eigenvalue weighted by atomic mass is 9.92. The van der Waals surface area contributed by atoms with Crippen LogP contribution in [0.3, 0.4) is 0 Å². The van der Waals surface area contributed by atoms with Crippen molar-refractivity contribution in [2.75, 3.05) is 18.4 Å². The second kappa shape index (κ2) is 8.77. The minimum absolute atomic E-state index is 0.0159. The van der Waals surface area contributed by atoms with E-state index >= 15 is 0 Å². The molecule has 1 N–H and O–H groups in total. The highest BCUT2D eigenvalue weighted by Crippen LogP contribution is 2.39. The minimum Gasteiger partial charge on any atom is -0.316 e. The van der Waals surface area contributed by atoms with Crippen LogP contribution < -0.4 is 5.32 Å². The van der Waals surface area contributed by atoms with Crippen LogP contribution in [0.5, 0.6) is 0 Å². The molecule has 158 valence electrons. The summed E-state index contributed by atoms with van der Waals surface area (Å²) < 4.78 is 0. The molecule has 2 aromatic carbocycles. The van der Waals surface area contributed by atoms with E-state index in [0.29, 0.717) is 17.7 Å². The van der Waals surface area contributed by atoms with Crippen molar-refractivity contribution in [3.05, 3.63) is 87.3 Å². The van der Waals surface area contributed by atoms with E-state index in [1.165, 1.54) is 16.0 Å². The van der Waals surface area contributed by atoms with Gasteiger partial charge in [-0.15, -0.1) is 11.3 Å². The van der Waals surface area contributed by atoms with Crippen molar-refractivity contribution in [3.8, 4) is 0 Å². The number of aryl methyl sites for hydroxylation is 1. The van der Waals surface area contributed by atoms with Crippen LogP contribution in [0.25, 0.3) is 0 Å². The molecule has 0 bridgehead atoms. The van der Waals surface area contributed by atoms with Crippen molar-refractivity contribution in [3.63, 3.8) is 0 Å². The molecule has 2 aliphatic rings. The summed E-state index contributed by atoms with van der Waals surface area (Å²) in [6, 6.07) is 17.8. The van der Waals surface area contributed by atoms with Crippen molar-refractivity contribution in [1.29, 1.82) is 0 Å². The number of ketones is 1. The number of fused-ring (bicyclic) bond motifs is 2. The summed E-state index contributed by atoms with van der Waals surface area (Å²) in [7, 11) is 0. The van der Waals surface area contributed by atoms with Gasteiger partial charge in [0.15, 0.2) is 5.78 Å². The molecule has 5 heteroatoms. The predicted molar refractivity (Wildman–Crippen MR) is 125 cm³/mol. The maximum absolute atomic E-state index is 13.4. The molecule has 3 aromatic rings. The molecule has 0 atom stereocenters. The summed E-state index contributed by atoms with van der Waals surface area (Å²) in [4.78, 5) is 29.8. The van der Waals surface area contributed by atoms with Crippen LogP contribution in [0, 0.1) is 0 Å². The first-order valence-corrected chi connectivity index (χ1v) is 11.8. The zero-order valence-electron chi connectivity index (χ0n) is 17.5. The SMILES string of the molecule is O=C(CN1CCc2ccccc2C1)Nc1sc2c(c1C(=O)c1ccccc1)CCCC2. The van der Waals surface area contributed by atoms with Crippen LogP contribution in [0.2, 0.25) is 0 Å². The zero-order valence-corrected chi connectivity index (χ0v) is 18.3. The molecule has 0 radical (unpaired) electrons. The van der Waals surface area contributed by atoms with Gasteiger partial charge in [0.1, 0.15) is 5.00 Å². The maximum atomic E-state index is 13.4. The lowest BCUT2D eigenvalue weighted by molar-refractivity contribution is -0.117. The number of benzene rings is 2. The first kappa shape index (κ1) is 20.2. The summed E-state index contributed by atoms with van der Waals surface area (Å²) in [6.45, 7) is 2.01. The smallest absolute Gasteiger partial charge is 0.239 e. The second-order valence-electron chi connectivity index (χ2n) is 8.39. The van der Waals surface area contributed by atoms with Gasteiger partial charge >= 0.3 is 0 Å². The molecule has 0 saturated heterocycles. The number of anilines is 1. The minimum atomic E-state index is -0.0416. The van der Waals surface area contributed by atoms with Crippen molar-refractivity contribution in [1.82, 2.24) is 4.90 Å². The molecule has 1 aliphatic carbocycles. The Kier molecular flexibility index (Phi) is 5.70. The fraction of sp³-hybridized carbons (Fsp3) is 0.308. The average Bonchev–Trinajstić information content (AvgIpc) is 3.16. The summed E-state index contributed by atoms with van der Waals surface area (Å²) in [6.07, 6.45) is 5.12. The number of hydrogen-bond donors (Lipinski definition) is 1. The third-order valence-electron chi connectivity index (χ3n) is 6.26. The van der Waals surface area contributed by atoms with Crippen LogP contribution in [0.1, 0.15) is 50.3 Å². The highest BCUT2D eigenvalue weighted by molar-refractivity contribution is 7.17. The number of rotatable bonds is 5. The van der Waals surface area contributed by atoms with Crippen LogP contribution in [-0.2, 0) is 30.6 Å². The van der Waals surface area contributed by atoms with Gasteiger partial charge < -0.3 is 5.32 Å². The third kappa shape index (κ3) is 4.21. The van der Waals surface area contributed by atoms with Gasteiger partial charge in [-0.3, -0.25) is 14.5 Å². The van der Waals surface area contributed by atoms with E-state index in [2.05, 4.69) is 34.5 Å². The van der Waals surface area contributed by atoms with Gasteiger partial charge in [-0.1, -0.05) is 54.6 Å². The molecule has 0 fully saturated rings. The van der Waals surface area contributed by atoms with Gasteiger partial charge in [0.05, 0.1) is 12.1 Å². The van der Waals surface area contributed by atoms with Crippen molar-refractivity contribution in [2.45, 2.75) is 38.6 Å². The van der Waals surface area contributed by atoms with Gasteiger partial charge in [0, 0.05) is 23.5 Å². The fourth-order valence-corrected chi connectivity index (χ4v) is 5.99. The number of carbonyl (C=O) groups is 2. The normalized spacial score (nSPS) is 15.7. The quantitative estimate of drug-likeness (QED) is 0.589. The van der Waals surface area contributed by atoms with Crippen molar-refractivity contribution >= 4 is 28.0 Å². The van der Waals surface area contributed by atoms with Crippen LogP contribution >= 0.6 is 11.3 Å². The zero-order chi connectivity index (χ0) is 21.2. The lowest BCUT2D eigenvalue weighted by Gasteiger charge is -2.28. The van der Waals surface area contributed by atoms with Crippen LogP contribution in [0.4, 0.5) is 5.00 Å². The van der Waals surface area contributed by atoms with Gasteiger partial charge in [-0.25, -0.2) is 0 Å². The van der Waals surface area contributed by atoms with Gasteiger partial charge in [-0.05, 0) is 48.8 Å². The first-order valence-electron chi connectivity index (χ1n) is 11.0. The summed E-state index contributed by atoms with van der Waals surface area (Å²) in [5.74, 6) is -0.0257. The maximum Gasteiger partial charge on any atom is 0.239 e. The topological polar surface area (TPSA) is 49.4 Å². The molecule has 0 saturated carbocycles. The Morgan fingerprint density at radius 1 is 0.903 bits per heavy atom. The molecule has 1 amide bonds. The monoisotopic (exact) mass is 430 g/mol. The number of carbonyl (C=O) groups excluding carboxylic acids is 2. The Labute approximate surface area is 186 Å². The third-order valence-corrected chi connectivity index (χ3v) is 7.47. The van der Waals surface area contributed by atoms with E-state index in [0.717, 1.165) is 55.8 Å². The van der Waals surface area contributed by atoms with Gasteiger partial charge in [-0.2, -0.15) is 0 Å². The fourth-order valence-electron chi connectivity index (χ4n) is 4.69. The Morgan fingerprint density at radius 2 is 1.65 bits per heavy atom. The molecule has 31 heavy (non-hydrogen) atoms.